The van der Waals surface area contributed by atoms with Crippen LogP contribution in [-0.4, -0.2) is 11.0 Å². The van der Waals surface area contributed by atoms with Crippen LogP contribution in [0.4, 0.5) is 5.69 Å². The lowest BCUT2D eigenvalue weighted by Gasteiger charge is -2.01. The predicted octanol–water partition coefficient (Wildman–Crippen LogP) is 1.51. The van der Waals surface area contributed by atoms with Gasteiger partial charge in [-0.2, -0.15) is 0 Å². The zero-order valence-corrected chi connectivity index (χ0v) is 7.86. The largest absolute Gasteiger partial charge is 0.392 e. The van der Waals surface area contributed by atoms with Crippen LogP contribution in [0.1, 0.15) is 17.4 Å². The van der Waals surface area contributed by atoms with E-state index in [1.165, 1.54) is 18.3 Å². The van der Waals surface area contributed by atoms with Gasteiger partial charge in [0.1, 0.15) is 0 Å². The lowest BCUT2D eigenvalue weighted by molar-refractivity contribution is -0.114. The minimum atomic E-state index is -0.109. The van der Waals surface area contributed by atoms with Crippen LogP contribution in [0.25, 0.3) is 0 Å². The van der Waals surface area contributed by atoms with Crippen molar-refractivity contribution in [2.24, 2.45) is 0 Å². The normalized spacial score (nSPS) is 9.92. The smallest absolute Gasteiger partial charge is 0.221 e. The molecule has 0 aliphatic heterocycles. The Kier molecular flexibility index (Phi) is 2.83. The predicted molar refractivity (Wildman–Crippen MR) is 49.3 cm³/mol. The van der Waals surface area contributed by atoms with E-state index in [4.69, 9.17) is 5.11 Å². The monoisotopic (exact) mass is 185 g/mol. The highest BCUT2D eigenvalue weighted by atomic mass is 32.1. The molecular weight excluding hydrogens is 174 g/mol. The van der Waals surface area contributed by atoms with Gasteiger partial charge in [0.2, 0.25) is 5.91 Å². The van der Waals surface area contributed by atoms with Gasteiger partial charge in [-0.25, -0.2) is 0 Å². The van der Waals surface area contributed by atoms with Crippen molar-refractivity contribution in [1.82, 2.24) is 0 Å². The van der Waals surface area contributed by atoms with Crippen LogP contribution >= 0.6 is 11.3 Å². The Labute approximate surface area is 75.0 Å². The number of rotatable bonds is 2. The van der Waals surface area contributed by atoms with E-state index in [0.717, 1.165) is 16.1 Å². The Hall–Kier alpha value is -0.870. The van der Waals surface area contributed by atoms with Crippen molar-refractivity contribution in [3.05, 3.63) is 15.8 Å². The lowest BCUT2D eigenvalue weighted by atomic mass is 10.2. The summed E-state index contributed by atoms with van der Waals surface area (Å²) in [5, 5.41) is 13.4. The molecule has 0 radical (unpaired) electrons. The first-order valence-electron chi connectivity index (χ1n) is 3.60. The van der Waals surface area contributed by atoms with E-state index in [0.29, 0.717) is 0 Å². The number of hydrogen-bond acceptors (Lipinski definition) is 3. The third-order valence-electron chi connectivity index (χ3n) is 1.57. The highest BCUT2D eigenvalue weighted by Gasteiger charge is 2.07. The highest BCUT2D eigenvalue weighted by molar-refractivity contribution is 7.10. The Morgan fingerprint density at radius 1 is 1.75 bits per heavy atom. The average molecular weight is 185 g/mol. The van der Waals surface area contributed by atoms with Gasteiger partial charge in [0.05, 0.1) is 12.3 Å². The number of hydrogen-bond donors (Lipinski definition) is 2. The number of thiophene rings is 1. The van der Waals surface area contributed by atoms with Gasteiger partial charge in [0.25, 0.3) is 0 Å². The Morgan fingerprint density at radius 2 is 2.42 bits per heavy atom. The maximum atomic E-state index is 10.7. The number of nitrogens with one attached hydrogen (secondary N) is 1. The summed E-state index contributed by atoms with van der Waals surface area (Å²) in [6.07, 6.45) is 0. The molecule has 0 bridgehead atoms. The zero-order chi connectivity index (χ0) is 9.14. The van der Waals surface area contributed by atoms with Crippen molar-refractivity contribution in [3.8, 4) is 0 Å². The van der Waals surface area contributed by atoms with Crippen LogP contribution in [0.3, 0.4) is 0 Å². The first kappa shape index (κ1) is 9.22. The fraction of sp³-hybridized carbons (Fsp3) is 0.375. The van der Waals surface area contributed by atoms with Crippen LogP contribution in [0, 0.1) is 6.92 Å². The van der Waals surface area contributed by atoms with E-state index < -0.39 is 0 Å². The molecule has 1 aromatic heterocycles. The third-order valence-corrected chi connectivity index (χ3v) is 2.53. The first-order valence-corrected chi connectivity index (χ1v) is 4.48. The molecule has 0 saturated heterocycles. The molecule has 3 nitrogen and oxygen atoms in total. The standard InChI is InChI=1S/C8H11NO2S/c1-5-7(3-10)8(4-12-5)9-6(2)11/h4,10H,3H2,1-2H3,(H,9,11). The van der Waals surface area contributed by atoms with E-state index in [2.05, 4.69) is 5.32 Å². The van der Waals surface area contributed by atoms with Gasteiger partial charge in [-0.1, -0.05) is 0 Å². The summed E-state index contributed by atoms with van der Waals surface area (Å²) < 4.78 is 0. The number of carbonyl (C=O) groups is 1. The molecule has 1 rings (SSSR count). The second kappa shape index (κ2) is 3.69. The molecule has 12 heavy (non-hydrogen) atoms. The summed E-state index contributed by atoms with van der Waals surface area (Å²) in [5.74, 6) is -0.109. The van der Waals surface area contributed by atoms with E-state index in [-0.39, 0.29) is 12.5 Å². The minimum Gasteiger partial charge on any atom is -0.392 e. The molecule has 0 saturated carbocycles. The molecule has 0 atom stereocenters. The van der Waals surface area contributed by atoms with Gasteiger partial charge >= 0.3 is 0 Å². The molecule has 0 spiro atoms. The number of amides is 1. The molecule has 0 aliphatic carbocycles. The molecule has 0 fully saturated rings. The highest BCUT2D eigenvalue weighted by Crippen LogP contribution is 2.26. The fourth-order valence-corrected chi connectivity index (χ4v) is 1.78. The molecule has 66 valence electrons. The molecule has 0 aliphatic rings. The molecule has 2 N–H and O–H groups in total. The van der Waals surface area contributed by atoms with Crippen LogP contribution in [0.5, 0.6) is 0 Å². The van der Waals surface area contributed by atoms with E-state index in [9.17, 15) is 4.79 Å². The van der Waals surface area contributed by atoms with Crippen LogP contribution in [-0.2, 0) is 11.4 Å². The van der Waals surface area contributed by atoms with Crippen molar-refractivity contribution < 1.29 is 9.90 Å². The van der Waals surface area contributed by atoms with Gasteiger partial charge in [-0.15, -0.1) is 11.3 Å². The van der Waals surface area contributed by atoms with Gasteiger partial charge in [0.15, 0.2) is 0 Å². The number of aryl methyl sites for hydroxylation is 1. The molecular formula is C8H11NO2S. The summed E-state index contributed by atoms with van der Waals surface area (Å²) >= 11 is 1.52. The fourth-order valence-electron chi connectivity index (χ4n) is 0.970. The van der Waals surface area contributed by atoms with Crippen LogP contribution in [0.15, 0.2) is 5.38 Å². The van der Waals surface area contributed by atoms with Crippen molar-refractivity contribution in [2.45, 2.75) is 20.5 Å². The quantitative estimate of drug-likeness (QED) is 0.733. The van der Waals surface area contributed by atoms with Gasteiger partial charge < -0.3 is 10.4 Å². The van der Waals surface area contributed by atoms with Crippen LogP contribution in [0.2, 0.25) is 0 Å². The second-order valence-corrected chi connectivity index (χ2v) is 3.61. The van der Waals surface area contributed by atoms with Crippen molar-refractivity contribution in [2.75, 3.05) is 5.32 Å². The molecule has 1 aromatic rings. The average Bonchev–Trinajstić information content (AvgIpc) is 2.30. The molecule has 0 unspecified atom stereocenters. The van der Waals surface area contributed by atoms with Gasteiger partial charge in [-0.05, 0) is 6.92 Å². The van der Waals surface area contributed by atoms with Crippen LogP contribution < -0.4 is 5.32 Å². The summed E-state index contributed by atoms with van der Waals surface area (Å²) in [7, 11) is 0. The summed E-state index contributed by atoms with van der Waals surface area (Å²) in [6.45, 7) is 3.35. The SMILES string of the molecule is CC(=O)Nc1csc(C)c1CO. The maximum absolute atomic E-state index is 10.7. The maximum Gasteiger partial charge on any atom is 0.221 e. The van der Waals surface area contributed by atoms with E-state index in [1.54, 1.807) is 0 Å². The summed E-state index contributed by atoms with van der Waals surface area (Å²) in [6, 6.07) is 0. The Bertz CT molecular complexity index is 293. The van der Waals surface area contributed by atoms with E-state index >= 15 is 0 Å². The van der Waals surface area contributed by atoms with E-state index in [1.807, 2.05) is 12.3 Å². The molecule has 4 heteroatoms. The van der Waals surface area contributed by atoms with Gasteiger partial charge in [-0.3, -0.25) is 4.79 Å². The number of aliphatic hydroxyl groups excluding tert-OH is 1. The second-order valence-electron chi connectivity index (χ2n) is 2.52. The molecule has 1 heterocycles. The van der Waals surface area contributed by atoms with Crippen molar-refractivity contribution in [1.29, 1.82) is 0 Å². The van der Waals surface area contributed by atoms with Gasteiger partial charge in [0, 0.05) is 22.7 Å². The topological polar surface area (TPSA) is 49.3 Å². The number of carbonyl (C=O) groups excluding carboxylic acids is 1. The number of aliphatic hydroxyl groups is 1. The zero-order valence-electron chi connectivity index (χ0n) is 7.05. The first-order chi connectivity index (χ1) is 5.65. The third kappa shape index (κ3) is 1.84. The minimum absolute atomic E-state index is 0.0229. The Morgan fingerprint density at radius 3 is 2.92 bits per heavy atom. The number of anilines is 1. The van der Waals surface area contributed by atoms with Crippen molar-refractivity contribution in [3.63, 3.8) is 0 Å². The molecule has 0 aromatic carbocycles. The van der Waals surface area contributed by atoms with Crippen molar-refractivity contribution >= 4 is 22.9 Å². The summed E-state index contributed by atoms with van der Waals surface area (Å²) in [5.41, 5.74) is 1.54. The lowest BCUT2D eigenvalue weighted by Crippen LogP contribution is -2.06. The molecule has 1 amide bonds. The summed E-state index contributed by atoms with van der Waals surface area (Å²) in [4.78, 5) is 11.7. The Balaban J connectivity index is 2.91.